The number of rotatable bonds is 9. The van der Waals surface area contributed by atoms with Gasteiger partial charge in [0.05, 0.1) is 12.8 Å². The molecular formula is C15H21F6N7O3S. The topological polar surface area (TPSA) is 112 Å². The number of anilines is 1. The summed E-state index contributed by atoms with van der Waals surface area (Å²) < 4.78 is 100. The normalized spacial score (nSPS) is 21.2. The van der Waals surface area contributed by atoms with Crippen LogP contribution in [0, 0.1) is 0 Å². The standard InChI is InChI=1S/C15H21F6N7O3S/c1-4-28(5-2)10-6-9(27-32(29,31-21)13(16)17)8(7-11(10)30-3)23-25-14-22-12(24-26-14)15(18,19)20/h6-7,12-14,22,24,26H,4-5H2,1-3H3. The van der Waals surface area contributed by atoms with Crippen molar-refractivity contribution in [2.45, 2.75) is 38.2 Å². The van der Waals surface area contributed by atoms with E-state index in [1.165, 1.54) is 13.2 Å². The minimum absolute atomic E-state index is 0.185. The van der Waals surface area contributed by atoms with Crippen molar-refractivity contribution in [2.75, 3.05) is 25.1 Å². The summed E-state index contributed by atoms with van der Waals surface area (Å²) in [5, 5.41) is 9.34. The highest BCUT2D eigenvalue weighted by Crippen LogP contribution is 2.41. The number of nitrogens with one attached hydrogen (secondary N) is 3. The molecule has 3 atom stereocenters. The monoisotopic (exact) mass is 493 g/mol. The molecule has 32 heavy (non-hydrogen) atoms. The highest BCUT2D eigenvalue weighted by molar-refractivity contribution is 7.89. The smallest absolute Gasteiger partial charge is 0.418 e. The van der Waals surface area contributed by atoms with Crippen LogP contribution in [-0.2, 0) is 14.4 Å². The van der Waals surface area contributed by atoms with Gasteiger partial charge in [-0.1, -0.05) is 4.39 Å². The Morgan fingerprint density at radius 3 is 2.31 bits per heavy atom. The number of nitrogens with zero attached hydrogens (tertiary/aromatic N) is 4. The SMILES string of the molecule is CCN(CC)c1cc(N=S(=O)(OF)C(F)F)c(N=NC2NNC(C(F)(F)F)N2)cc1OC. The van der Waals surface area contributed by atoms with Crippen LogP contribution in [-0.4, -0.2) is 48.8 Å². The summed E-state index contributed by atoms with van der Waals surface area (Å²) in [6, 6.07) is 2.34. The van der Waals surface area contributed by atoms with Gasteiger partial charge in [-0.05, 0) is 24.4 Å². The molecule has 3 N–H and O–H groups in total. The second-order valence-electron chi connectivity index (χ2n) is 6.16. The Kier molecular flexibility index (Phi) is 8.63. The first-order chi connectivity index (χ1) is 15.0. The highest BCUT2D eigenvalue weighted by atomic mass is 32.2. The fourth-order valence-corrected chi connectivity index (χ4v) is 3.24. The summed E-state index contributed by atoms with van der Waals surface area (Å²) in [5.41, 5.74) is 3.60. The van der Waals surface area contributed by atoms with Crippen LogP contribution in [0.2, 0.25) is 0 Å². The van der Waals surface area contributed by atoms with Crippen molar-refractivity contribution >= 4 is 27.1 Å². The lowest BCUT2D eigenvalue weighted by Gasteiger charge is -2.24. The van der Waals surface area contributed by atoms with Gasteiger partial charge in [-0.15, -0.1) is 0 Å². The minimum Gasteiger partial charge on any atom is -0.494 e. The maximum Gasteiger partial charge on any atom is 0.418 e. The summed E-state index contributed by atoms with van der Waals surface area (Å²) >= 11 is 0. The number of ether oxygens (including phenoxy) is 1. The molecule has 0 radical (unpaired) electrons. The molecule has 0 spiro atoms. The molecule has 1 fully saturated rings. The zero-order valence-electron chi connectivity index (χ0n) is 17.0. The second kappa shape index (κ2) is 10.6. The Morgan fingerprint density at radius 1 is 1.19 bits per heavy atom. The quantitative estimate of drug-likeness (QED) is 0.356. The summed E-state index contributed by atoms with van der Waals surface area (Å²) in [4.78, 5) is 1.73. The van der Waals surface area contributed by atoms with E-state index in [9.17, 15) is 30.7 Å². The summed E-state index contributed by atoms with van der Waals surface area (Å²) in [6.07, 6.45) is -8.11. The number of methoxy groups -OCH3 is 1. The third kappa shape index (κ3) is 5.97. The first-order valence-electron chi connectivity index (χ1n) is 9.05. The summed E-state index contributed by atoms with van der Waals surface area (Å²) in [6.45, 7) is 4.50. The van der Waals surface area contributed by atoms with Crippen molar-refractivity contribution < 1.29 is 39.8 Å². The Labute approximate surface area is 179 Å². The lowest BCUT2D eigenvalue weighted by Crippen LogP contribution is -2.46. The van der Waals surface area contributed by atoms with Crippen LogP contribution in [0.3, 0.4) is 0 Å². The molecule has 10 nitrogen and oxygen atoms in total. The maximum atomic E-state index is 13.1. The Balaban J connectivity index is 2.55. The number of azo groups is 1. The lowest BCUT2D eigenvalue weighted by molar-refractivity contribution is -0.158. The van der Waals surface area contributed by atoms with Crippen LogP contribution in [0.15, 0.2) is 26.7 Å². The van der Waals surface area contributed by atoms with E-state index in [4.69, 9.17) is 4.74 Å². The van der Waals surface area contributed by atoms with E-state index in [1.807, 2.05) is 10.7 Å². The first-order valence-corrected chi connectivity index (χ1v) is 10.5. The van der Waals surface area contributed by atoms with Crippen LogP contribution >= 0.6 is 0 Å². The molecule has 1 aromatic carbocycles. The van der Waals surface area contributed by atoms with E-state index in [1.54, 1.807) is 18.7 Å². The highest BCUT2D eigenvalue weighted by Gasteiger charge is 2.44. The number of hydrogen-bond acceptors (Lipinski definition) is 10. The fourth-order valence-electron chi connectivity index (χ4n) is 2.66. The molecule has 1 aliphatic rings. The second-order valence-corrected chi connectivity index (χ2v) is 7.86. The molecule has 2 rings (SSSR count). The van der Waals surface area contributed by atoms with Gasteiger partial charge >= 0.3 is 11.9 Å². The molecule has 1 saturated heterocycles. The van der Waals surface area contributed by atoms with E-state index in [0.29, 0.717) is 18.8 Å². The summed E-state index contributed by atoms with van der Waals surface area (Å²) in [7, 11) is -3.78. The molecule has 1 aromatic rings. The van der Waals surface area contributed by atoms with Crippen LogP contribution in [0.4, 0.5) is 43.5 Å². The van der Waals surface area contributed by atoms with E-state index >= 15 is 0 Å². The van der Waals surface area contributed by atoms with Crippen molar-refractivity contribution in [2.24, 2.45) is 14.6 Å². The Morgan fingerprint density at radius 2 is 1.84 bits per heavy atom. The number of hydrazine groups is 1. The molecule has 3 unspecified atom stereocenters. The maximum absolute atomic E-state index is 13.1. The minimum atomic E-state index is -5.09. The zero-order valence-corrected chi connectivity index (χ0v) is 17.8. The molecule has 0 aliphatic carbocycles. The molecule has 182 valence electrons. The van der Waals surface area contributed by atoms with E-state index in [2.05, 4.69) is 24.4 Å². The number of hydrogen-bond donors (Lipinski definition) is 3. The lowest BCUT2D eigenvalue weighted by atomic mass is 10.2. The molecule has 0 saturated carbocycles. The predicted molar refractivity (Wildman–Crippen MR) is 103 cm³/mol. The molecule has 0 aromatic heterocycles. The van der Waals surface area contributed by atoms with Crippen molar-refractivity contribution in [3.8, 4) is 5.75 Å². The zero-order chi connectivity index (χ0) is 24.1. The van der Waals surface area contributed by atoms with Crippen LogP contribution in [0.5, 0.6) is 5.75 Å². The van der Waals surface area contributed by atoms with E-state index in [0.717, 1.165) is 6.07 Å². The average Bonchev–Trinajstić information content (AvgIpc) is 3.23. The van der Waals surface area contributed by atoms with Gasteiger partial charge in [-0.25, -0.2) is 15.1 Å². The van der Waals surface area contributed by atoms with Crippen molar-refractivity contribution in [3.63, 3.8) is 0 Å². The number of benzene rings is 1. The van der Waals surface area contributed by atoms with Crippen molar-refractivity contribution in [1.29, 1.82) is 0 Å². The fraction of sp³-hybridized carbons (Fsp3) is 0.600. The molecule has 0 bridgehead atoms. The van der Waals surface area contributed by atoms with Gasteiger partial charge in [0.15, 0.2) is 12.5 Å². The van der Waals surface area contributed by atoms with Crippen LogP contribution < -0.4 is 25.8 Å². The molecule has 0 amide bonds. The van der Waals surface area contributed by atoms with Crippen molar-refractivity contribution in [1.82, 2.24) is 16.2 Å². The third-order valence-electron chi connectivity index (χ3n) is 4.22. The van der Waals surface area contributed by atoms with Gasteiger partial charge in [0.25, 0.3) is 10.0 Å². The molecule has 1 aliphatic heterocycles. The predicted octanol–water partition coefficient (Wildman–Crippen LogP) is 3.63. The number of alkyl halides is 5. The van der Waals surface area contributed by atoms with E-state index < -0.39 is 40.1 Å². The summed E-state index contributed by atoms with van der Waals surface area (Å²) in [5.74, 6) is -3.61. The Bertz CT molecular complexity index is 935. The molecular weight excluding hydrogens is 472 g/mol. The van der Waals surface area contributed by atoms with Gasteiger partial charge in [0, 0.05) is 19.2 Å². The molecule has 1 heterocycles. The Hall–Kier alpha value is -2.21. The van der Waals surface area contributed by atoms with Gasteiger partial charge < -0.3 is 9.64 Å². The average molecular weight is 493 g/mol. The van der Waals surface area contributed by atoms with Gasteiger partial charge in [-0.3, -0.25) is 5.32 Å². The third-order valence-corrected chi connectivity index (χ3v) is 5.30. The van der Waals surface area contributed by atoms with Crippen LogP contribution in [0.25, 0.3) is 0 Å². The van der Waals surface area contributed by atoms with Gasteiger partial charge in [0.2, 0.25) is 0 Å². The van der Waals surface area contributed by atoms with Gasteiger partial charge in [0.1, 0.15) is 17.1 Å². The van der Waals surface area contributed by atoms with Gasteiger partial charge in [-0.2, -0.15) is 36.5 Å². The largest absolute Gasteiger partial charge is 0.494 e. The van der Waals surface area contributed by atoms with E-state index in [-0.39, 0.29) is 11.4 Å². The first kappa shape index (κ1) is 26.0. The number of halogens is 6. The molecule has 17 heteroatoms. The van der Waals surface area contributed by atoms with Crippen molar-refractivity contribution in [3.05, 3.63) is 12.1 Å². The van der Waals surface area contributed by atoms with Crippen LogP contribution in [0.1, 0.15) is 13.8 Å².